The molecule has 3 aromatic rings. The lowest BCUT2D eigenvalue weighted by atomic mass is 10.2. The van der Waals surface area contributed by atoms with Gasteiger partial charge in [0.2, 0.25) is 5.91 Å². The maximum atomic E-state index is 13.3. The standard InChI is InChI=1S/C21H22F3N5OS/c1-3-16(4-2)26-18(30)13-31-20-28-27-19(14-7-6-10-25-12-14)29(20)17-9-5-8-15(11-17)21(22,23)24/h5-12,16H,3-4,13H2,1-2H3,(H,26,30). The highest BCUT2D eigenvalue weighted by atomic mass is 32.2. The second-order valence-corrected chi connectivity index (χ2v) is 7.74. The predicted octanol–water partition coefficient (Wildman–Crippen LogP) is 4.75. The molecule has 1 aromatic carbocycles. The molecule has 1 N–H and O–H groups in total. The number of carbonyl (C=O) groups excluding carboxylic acids is 1. The Kier molecular flexibility index (Phi) is 7.32. The molecule has 0 aliphatic carbocycles. The molecule has 2 aromatic heterocycles. The van der Waals surface area contributed by atoms with E-state index in [-0.39, 0.29) is 23.4 Å². The van der Waals surface area contributed by atoms with E-state index in [2.05, 4.69) is 20.5 Å². The fraction of sp³-hybridized carbons (Fsp3) is 0.333. The van der Waals surface area contributed by atoms with Gasteiger partial charge < -0.3 is 5.32 Å². The molecule has 3 rings (SSSR count). The van der Waals surface area contributed by atoms with E-state index < -0.39 is 11.7 Å². The molecular weight excluding hydrogens is 427 g/mol. The molecule has 6 nitrogen and oxygen atoms in total. The highest BCUT2D eigenvalue weighted by Gasteiger charge is 2.31. The van der Waals surface area contributed by atoms with E-state index in [1.165, 1.54) is 10.6 Å². The van der Waals surface area contributed by atoms with Crippen LogP contribution in [0.2, 0.25) is 0 Å². The maximum Gasteiger partial charge on any atom is 0.416 e. The van der Waals surface area contributed by atoms with E-state index >= 15 is 0 Å². The van der Waals surface area contributed by atoms with Crippen molar-refractivity contribution in [3.63, 3.8) is 0 Å². The molecule has 0 aliphatic rings. The number of rotatable bonds is 8. The number of alkyl halides is 3. The summed E-state index contributed by atoms with van der Waals surface area (Å²) in [7, 11) is 0. The zero-order valence-electron chi connectivity index (χ0n) is 17.1. The number of hydrogen-bond acceptors (Lipinski definition) is 5. The summed E-state index contributed by atoms with van der Waals surface area (Å²) in [5.41, 5.74) is 0.0700. The molecular formula is C21H22F3N5OS. The molecule has 2 heterocycles. The summed E-state index contributed by atoms with van der Waals surface area (Å²) < 4.78 is 41.3. The third-order valence-corrected chi connectivity index (χ3v) is 5.60. The summed E-state index contributed by atoms with van der Waals surface area (Å²) in [6.45, 7) is 3.98. The first-order valence-electron chi connectivity index (χ1n) is 9.79. The van der Waals surface area contributed by atoms with Crippen LogP contribution in [0.3, 0.4) is 0 Å². The molecule has 164 valence electrons. The largest absolute Gasteiger partial charge is 0.416 e. The lowest BCUT2D eigenvalue weighted by Crippen LogP contribution is -2.35. The Morgan fingerprint density at radius 1 is 1.16 bits per heavy atom. The van der Waals surface area contributed by atoms with E-state index in [4.69, 9.17) is 0 Å². The normalized spacial score (nSPS) is 11.7. The van der Waals surface area contributed by atoms with Gasteiger partial charge in [-0.05, 0) is 43.2 Å². The van der Waals surface area contributed by atoms with Crippen LogP contribution in [0.4, 0.5) is 13.2 Å². The number of carbonyl (C=O) groups is 1. The molecule has 0 spiro atoms. The van der Waals surface area contributed by atoms with Gasteiger partial charge in [0.15, 0.2) is 11.0 Å². The Hall–Kier alpha value is -2.88. The summed E-state index contributed by atoms with van der Waals surface area (Å²) in [6, 6.07) is 8.46. The number of nitrogens with zero attached hydrogens (tertiary/aromatic N) is 4. The minimum absolute atomic E-state index is 0.0701. The average Bonchev–Trinajstić information content (AvgIpc) is 3.20. The van der Waals surface area contributed by atoms with E-state index in [0.29, 0.717) is 16.5 Å². The molecule has 0 bridgehead atoms. The second kappa shape index (κ2) is 9.95. The minimum atomic E-state index is -4.49. The van der Waals surface area contributed by atoms with Crippen molar-refractivity contribution < 1.29 is 18.0 Å². The van der Waals surface area contributed by atoms with Gasteiger partial charge in [-0.25, -0.2) is 0 Å². The van der Waals surface area contributed by atoms with Crippen molar-refractivity contribution >= 4 is 17.7 Å². The van der Waals surface area contributed by atoms with Crippen molar-refractivity contribution in [1.82, 2.24) is 25.1 Å². The number of thioether (sulfide) groups is 1. The summed E-state index contributed by atoms with van der Waals surface area (Å²) in [6.07, 6.45) is 0.298. The van der Waals surface area contributed by atoms with Gasteiger partial charge in [-0.1, -0.05) is 31.7 Å². The van der Waals surface area contributed by atoms with Gasteiger partial charge in [-0.3, -0.25) is 14.3 Å². The molecule has 1 amide bonds. The van der Waals surface area contributed by atoms with E-state index in [1.807, 2.05) is 13.8 Å². The van der Waals surface area contributed by atoms with Crippen LogP contribution < -0.4 is 5.32 Å². The molecule has 0 aliphatic heterocycles. The highest BCUT2D eigenvalue weighted by Crippen LogP contribution is 2.33. The summed E-state index contributed by atoms with van der Waals surface area (Å²) >= 11 is 1.12. The first-order chi connectivity index (χ1) is 14.8. The van der Waals surface area contributed by atoms with E-state index in [0.717, 1.165) is 36.7 Å². The van der Waals surface area contributed by atoms with Gasteiger partial charge in [0.1, 0.15) is 0 Å². The quantitative estimate of drug-likeness (QED) is 0.503. The van der Waals surface area contributed by atoms with Crippen molar-refractivity contribution in [3.05, 3.63) is 54.4 Å². The number of benzene rings is 1. The molecule has 0 unspecified atom stereocenters. The van der Waals surface area contributed by atoms with Gasteiger partial charge in [-0.2, -0.15) is 13.2 Å². The fourth-order valence-electron chi connectivity index (χ4n) is 2.99. The second-order valence-electron chi connectivity index (χ2n) is 6.80. The monoisotopic (exact) mass is 449 g/mol. The van der Waals surface area contributed by atoms with E-state index in [9.17, 15) is 18.0 Å². The number of amides is 1. The fourth-order valence-corrected chi connectivity index (χ4v) is 3.75. The Balaban J connectivity index is 1.96. The van der Waals surface area contributed by atoms with Crippen molar-refractivity contribution in [1.29, 1.82) is 0 Å². The van der Waals surface area contributed by atoms with Crippen LogP contribution >= 0.6 is 11.8 Å². The summed E-state index contributed by atoms with van der Waals surface area (Å²) in [5.74, 6) is 0.247. The van der Waals surface area contributed by atoms with Crippen molar-refractivity contribution in [2.24, 2.45) is 0 Å². The van der Waals surface area contributed by atoms with Crippen LogP contribution in [0.1, 0.15) is 32.3 Å². The molecule has 0 atom stereocenters. The molecule has 31 heavy (non-hydrogen) atoms. The van der Waals surface area contributed by atoms with E-state index in [1.54, 1.807) is 30.6 Å². The molecule has 0 fully saturated rings. The first kappa shape index (κ1) is 22.8. The average molecular weight is 450 g/mol. The van der Waals surface area contributed by atoms with Gasteiger partial charge >= 0.3 is 6.18 Å². The van der Waals surface area contributed by atoms with Crippen molar-refractivity contribution in [3.8, 4) is 17.1 Å². The Bertz CT molecular complexity index is 1020. The maximum absolute atomic E-state index is 13.3. The van der Waals surface area contributed by atoms with Crippen LogP contribution in [0, 0.1) is 0 Å². The highest BCUT2D eigenvalue weighted by molar-refractivity contribution is 7.99. The third kappa shape index (κ3) is 5.63. The van der Waals surface area contributed by atoms with Crippen LogP contribution in [-0.2, 0) is 11.0 Å². The number of nitrogens with one attached hydrogen (secondary N) is 1. The number of pyridine rings is 1. The Morgan fingerprint density at radius 2 is 1.94 bits per heavy atom. The number of aromatic nitrogens is 4. The number of hydrogen-bond donors (Lipinski definition) is 1. The van der Waals surface area contributed by atoms with Crippen molar-refractivity contribution in [2.45, 2.75) is 44.1 Å². The van der Waals surface area contributed by atoms with Gasteiger partial charge in [0.25, 0.3) is 0 Å². The zero-order chi connectivity index (χ0) is 22.4. The van der Waals surface area contributed by atoms with Crippen LogP contribution in [0.25, 0.3) is 17.1 Å². The SMILES string of the molecule is CCC(CC)NC(=O)CSc1nnc(-c2cccnc2)n1-c1cccc(C(F)(F)F)c1. The molecule has 0 radical (unpaired) electrons. The smallest absolute Gasteiger partial charge is 0.353 e. The van der Waals surface area contributed by atoms with Crippen molar-refractivity contribution in [2.75, 3.05) is 5.75 Å². The Labute approximate surface area is 182 Å². The van der Waals surface area contributed by atoms with Crippen LogP contribution in [-0.4, -0.2) is 37.5 Å². The summed E-state index contributed by atoms with van der Waals surface area (Å²) in [5, 5.41) is 11.6. The third-order valence-electron chi connectivity index (χ3n) is 4.67. The number of halogens is 3. The first-order valence-corrected chi connectivity index (χ1v) is 10.8. The van der Waals surface area contributed by atoms with Crippen LogP contribution in [0.15, 0.2) is 53.9 Å². The minimum Gasteiger partial charge on any atom is -0.353 e. The molecule has 0 saturated carbocycles. The lowest BCUT2D eigenvalue weighted by Gasteiger charge is -2.15. The van der Waals surface area contributed by atoms with Gasteiger partial charge in [0, 0.05) is 24.0 Å². The van der Waals surface area contributed by atoms with Gasteiger partial charge in [0.05, 0.1) is 17.0 Å². The summed E-state index contributed by atoms with van der Waals surface area (Å²) in [4.78, 5) is 16.4. The predicted molar refractivity (Wildman–Crippen MR) is 113 cm³/mol. The van der Waals surface area contributed by atoms with Gasteiger partial charge in [-0.15, -0.1) is 10.2 Å². The zero-order valence-corrected chi connectivity index (χ0v) is 17.9. The lowest BCUT2D eigenvalue weighted by molar-refractivity contribution is -0.137. The van der Waals surface area contributed by atoms with Crippen LogP contribution in [0.5, 0.6) is 0 Å². The molecule has 0 saturated heterocycles. The Morgan fingerprint density at radius 3 is 2.58 bits per heavy atom. The topological polar surface area (TPSA) is 72.7 Å². The molecule has 10 heteroatoms.